The maximum atomic E-state index is 12.9. The molecule has 1 aliphatic heterocycles. The maximum absolute atomic E-state index is 12.9. The van der Waals surface area contributed by atoms with E-state index < -0.39 is 0 Å². The van der Waals surface area contributed by atoms with Crippen molar-refractivity contribution < 1.29 is 14.3 Å². The van der Waals surface area contributed by atoms with E-state index in [1.54, 1.807) is 17.3 Å². The Kier molecular flexibility index (Phi) is 6.65. The molecule has 0 spiro atoms. The van der Waals surface area contributed by atoms with Gasteiger partial charge in [-0.05, 0) is 48.1 Å². The molecule has 1 fully saturated rings. The van der Waals surface area contributed by atoms with E-state index in [1.807, 2.05) is 42.5 Å². The summed E-state index contributed by atoms with van der Waals surface area (Å²) in [7, 11) is 0. The molecule has 2 aromatic rings. The third-order valence-electron chi connectivity index (χ3n) is 6.08. The molecule has 2 aliphatic rings. The van der Waals surface area contributed by atoms with Crippen LogP contribution in [0.3, 0.4) is 0 Å². The lowest BCUT2D eigenvalue weighted by molar-refractivity contribution is -0.129. The van der Waals surface area contributed by atoms with E-state index in [9.17, 15) is 9.59 Å². The minimum absolute atomic E-state index is 0.0992. The van der Waals surface area contributed by atoms with Crippen LogP contribution in [0.1, 0.15) is 62.6 Å². The number of rotatable bonds is 6. The van der Waals surface area contributed by atoms with Gasteiger partial charge in [-0.15, -0.1) is 0 Å². The summed E-state index contributed by atoms with van der Waals surface area (Å²) in [5.74, 6) is 1.28. The quantitative estimate of drug-likeness (QED) is 0.720. The van der Waals surface area contributed by atoms with Crippen LogP contribution in [0.5, 0.6) is 5.75 Å². The molecule has 0 bridgehead atoms. The van der Waals surface area contributed by atoms with Crippen molar-refractivity contribution in [1.82, 2.24) is 9.88 Å². The van der Waals surface area contributed by atoms with E-state index in [0.717, 1.165) is 11.1 Å². The molecule has 162 valence electrons. The molecule has 1 aromatic carbocycles. The summed E-state index contributed by atoms with van der Waals surface area (Å²) in [6, 6.07) is 11.1. The average Bonchev–Trinajstić information content (AvgIpc) is 2.79. The van der Waals surface area contributed by atoms with Gasteiger partial charge in [0.15, 0.2) is 11.6 Å². The first kappa shape index (κ1) is 21.1. The summed E-state index contributed by atoms with van der Waals surface area (Å²) in [5, 5.41) is 2.90. The lowest BCUT2D eigenvalue weighted by atomic mass is 9.90. The third-order valence-corrected chi connectivity index (χ3v) is 6.08. The Bertz CT molecular complexity index is 966. The molecule has 1 unspecified atom stereocenters. The summed E-state index contributed by atoms with van der Waals surface area (Å²) in [4.78, 5) is 31.0. The van der Waals surface area contributed by atoms with Crippen LogP contribution < -0.4 is 10.1 Å². The normalized spacial score (nSPS) is 18.4. The SMILES string of the molecule is CC(=O)N1C=Cc2ccccc2C1CC(=O)Nc1ncccc1OCC1CCCCC1. The number of nitrogens with one attached hydrogen (secondary N) is 1. The van der Waals surface area contributed by atoms with Gasteiger partial charge in [0, 0.05) is 19.3 Å². The standard InChI is InChI=1S/C25H29N3O3/c1-18(29)28-15-13-20-10-5-6-11-21(20)22(28)16-24(30)27-25-23(12-7-14-26-25)31-17-19-8-3-2-4-9-19/h5-7,10-15,19,22H,2-4,8-9,16-17H2,1H3,(H,26,27,30). The van der Waals surface area contributed by atoms with Crippen molar-refractivity contribution in [3.63, 3.8) is 0 Å². The summed E-state index contributed by atoms with van der Waals surface area (Å²) in [5.41, 5.74) is 1.98. The van der Waals surface area contributed by atoms with Gasteiger partial charge in [-0.2, -0.15) is 0 Å². The molecule has 2 amide bonds. The molecule has 0 radical (unpaired) electrons. The number of pyridine rings is 1. The van der Waals surface area contributed by atoms with Gasteiger partial charge in [0.05, 0.1) is 19.1 Å². The molecule has 1 aromatic heterocycles. The van der Waals surface area contributed by atoms with Gasteiger partial charge in [0.2, 0.25) is 11.8 Å². The topological polar surface area (TPSA) is 71.5 Å². The van der Waals surface area contributed by atoms with Gasteiger partial charge in [-0.25, -0.2) is 4.98 Å². The molecule has 2 heterocycles. The van der Waals surface area contributed by atoms with Crippen LogP contribution in [0, 0.1) is 5.92 Å². The summed E-state index contributed by atoms with van der Waals surface area (Å²) < 4.78 is 6.03. The van der Waals surface area contributed by atoms with Crippen LogP contribution >= 0.6 is 0 Å². The lowest BCUT2D eigenvalue weighted by Crippen LogP contribution is -2.33. The molecular formula is C25H29N3O3. The largest absolute Gasteiger partial charge is 0.489 e. The fourth-order valence-electron chi connectivity index (χ4n) is 4.43. The number of benzene rings is 1. The third kappa shape index (κ3) is 5.13. The second-order valence-electron chi connectivity index (χ2n) is 8.30. The minimum Gasteiger partial charge on any atom is -0.489 e. The van der Waals surface area contributed by atoms with E-state index in [1.165, 1.54) is 39.0 Å². The molecule has 1 N–H and O–H groups in total. The zero-order valence-corrected chi connectivity index (χ0v) is 17.9. The van der Waals surface area contributed by atoms with Crippen molar-refractivity contribution in [2.75, 3.05) is 11.9 Å². The molecule has 31 heavy (non-hydrogen) atoms. The highest BCUT2D eigenvalue weighted by atomic mass is 16.5. The van der Waals surface area contributed by atoms with E-state index >= 15 is 0 Å². The van der Waals surface area contributed by atoms with Gasteiger partial charge in [0.25, 0.3) is 0 Å². The molecule has 6 nitrogen and oxygen atoms in total. The summed E-state index contributed by atoms with van der Waals surface area (Å²) in [6.45, 7) is 2.16. The Morgan fingerprint density at radius 3 is 2.74 bits per heavy atom. The number of hydrogen-bond acceptors (Lipinski definition) is 4. The van der Waals surface area contributed by atoms with E-state index in [0.29, 0.717) is 24.1 Å². The number of hydrogen-bond donors (Lipinski definition) is 1. The van der Waals surface area contributed by atoms with Gasteiger partial charge in [0.1, 0.15) is 0 Å². The summed E-state index contributed by atoms with van der Waals surface area (Å²) in [6.07, 6.45) is 11.6. The zero-order valence-electron chi connectivity index (χ0n) is 17.9. The Hall–Kier alpha value is -3.15. The van der Waals surface area contributed by atoms with Gasteiger partial charge in [-0.3, -0.25) is 9.59 Å². The van der Waals surface area contributed by atoms with Crippen molar-refractivity contribution in [1.29, 1.82) is 0 Å². The Morgan fingerprint density at radius 2 is 1.94 bits per heavy atom. The van der Waals surface area contributed by atoms with Crippen LogP contribution in [0.15, 0.2) is 48.8 Å². The number of aromatic nitrogens is 1. The average molecular weight is 420 g/mol. The predicted molar refractivity (Wildman–Crippen MR) is 120 cm³/mol. The first-order valence-corrected chi connectivity index (χ1v) is 11.1. The van der Waals surface area contributed by atoms with Gasteiger partial charge < -0.3 is 15.0 Å². The number of amides is 2. The van der Waals surface area contributed by atoms with Crippen LogP contribution in [-0.2, 0) is 9.59 Å². The second kappa shape index (κ2) is 9.77. The van der Waals surface area contributed by atoms with E-state index in [-0.39, 0.29) is 24.3 Å². The van der Waals surface area contributed by atoms with Crippen molar-refractivity contribution in [3.05, 3.63) is 59.9 Å². The highest BCUT2D eigenvalue weighted by Gasteiger charge is 2.28. The van der Waals surface area contributed by atoms with Gasteiger partial charge in [-0.1, -0.05) is 43.5 Å². The van der Waals surface area contributed by atoms with Crippen LogP contribution in [0.4, 0.5) is 5.82 Å². The van der Waals surface area contributed by atoms with Crippen molar-refractivity contribution >= 4 is 23.7 Å². The highest BCUT2D eigenvalue weighted by molar-refractivity contribution is 5.92. The fraction of sp³-hybridized carbons (Fsp3) is 0.400. The molecule has 1 saturated carbocycles. The predicted octanol–water partition coefficient (Wildman–Crippen LogP) is 4.94. The van der Waals surface area contributed by atoms with Crippen molar-refractivity contribution in [2.45, 2.75) is 51.5 Å². The molecule has 1 aliphatic carbocycles. The molecular weight excluding hydrogens is 390 g/mol. The Labute approximate surface area is 183 Å². The molecule has 6 heteroatoms. The fourth-order valence-corrected chi connectivity index (χ4v) is 4.43. The number of carbonyl (C=O) groups excluding carboxylic acids is 2. The van der Waals surface area contributed by atoms with E-state index in [4.69, 9.17) is 4.74 Å². The smallest absolute Gasteiger partial charge is 0.228 e. The maximum Gasteiger partial charge on any atom is 0.228 e. The van der Waals surface area contributed by atoms with E-state index in [2.05, 4.69) is 10.3 Å². The van der Waals surface area contributed by atoms with Gasteiger partial charge >= 0.3 is 0 Å². The number of nitrogens with zero attached hydrogens (tertiary/aromatic N) is 2. The minimum atomic E-state index is -0.353. The Balaban J connectivity index is 1.44. The zero-order chi connectivity index (χ0) is 21.6. The van der Waals surface area contributed by atoms with Crippen LogP contribution in [0.25, 0.3) is 6.08 Å². The molecule has 4 rings (SSSR count). The van der Waals surface area contributed by atoms with Crippen molar-refractivity contribution in [2.24, 2.45) is 5.92 Å². The van der Waals surface area contributed by atoms with Crippen LogP contribution in [-0.4, -0.2) is 28.3 Å². The molecule has 0 saturated heterocycles. The monoisotopic (exact) mass is 419 g/mol. The number of ether oxygens (including phenoxy) is 1. The summed E-state index contributed by atoms with van der Waals surface area (Å²) >= 11 is 0. The first-order valence-electron chi connectivity index (χ1n) is 11.1. The second-order valence-corrected chi connectivity index (χ2v) is 8.30. The lowest BCUT2D eigenvalue weighted by Gasteiger charge is -2.32. The first-order chi connectivity index (χ1) is 15.1. The number of carbonyl (C=O) groups is 2. The number of anilines is 1. The molecule has 1 atom stereocenters. The highest BCUT2D eigenvalue weighted by Crippen LogP contribution is 2.33. The number of fused-ring (bicyclic) bond motifs is 1. The Morgan fingerprint density at radius 1 is 1.13 bits per heavy atom. The van der Waals surface area contributed by atoms with Crippen LogP contribution in [0.2, 0.25) is 0 Å². The van der Waals surface area contributed by atoms with Crippen molar-refractivity contribution in [3.8, 4) is 5.75 Å².